The maximum Gasteiger partial charge on any atom is 0.249 e. The van der Waals surface area contributed by atoms with E-state index in [0.717, 1.165) is 32.5 Å². The SMILES string of the molecule is O=C(NCCN1CCCC1)[C@@H]1C[C@H]2NCC[C@H]2O1. The van der Waals surface area contributed by atoms with E-state index >= 15 is 0 Å². The summed E-state index contributed by atoms with van der Waals surface area (Å²) in [5.74, 6) is 0.0744. The van der Waals surface area contributed by atoms with Crippen LogP contribution in [0.2, 0.25) is 0 Å². The number of nitrogens with one attached hydrogen (secondary N) is 2. The molecule has 0 unspecified atom stereocenters. The van der Waals surface area contributed by atoms with Gasteiger partial charge in [0.25, 0.3) is 0 Å². The number of carbonyl (C=O) groups excluding carboxylic acids is 1. The first-order valence-corrected chi connectivity index (χ1v) is 7.22. The first-order chi connectivity index (χ1) is 8.83. The molecule has 0 saturated carbocycles. The van der Waals surface area contributed by atoms with E-state index in [-0.39, 0.29) is 18.1 Å². The summed E-state index contributed by atoms with van der Waals surface area (Å²) >= 11 is 0. The van der Waals surface area contributed by atoms with Crippen LogP contribution in [-0.4, -0.2) is 61.8 Å². The molecule has 5 nitrogen and oxygen atoms in total. The predicted molar refractivity (Wildman–Crippen MR) is 68.4 cm³/mol. The molecule has 5 heteroatoms. The van der Waals surface area contributed by atoms with Crippen LogP contribution in [0.15, 0.2) is 0 Å². The van der Waals surface area contributed by atoms with Gasteiger partial charge in [0.2, 0.25) is 5.91 Å². The molecule has 0 bridgehead atoms. The molecule has 18 heavy (non-hydrogen) atoms. The number of rotatable bonds is 4. The average molecular weight is 253 g/mol. The highest BCUT2D eigenvalue weighted by Gasteiger charge is 2.41. The summed E-state index contributed by atoms with van der Waals surface area (Å²) in [6, 6.07) is 0.402. The molecule has 3 fully saturated rings. The largest absolute Gasteiger partial charge is 0.363 e. The van der Waals surface area contributed by atoms with Gasteiger partial charge < -0.3 is 20.3 Å². The van der Waals surface area contributed by atoms with E-state index in [1.54, 1.807) is 0 Å². The van der Waals surface area contributed by atoms with Crippen LogP contribution in [0.25, 0.3) is 0 Å². The number of hydrogen-bond donors (Lipinski definition) is 2. The summed E-state index contributed by atoms with van der Waals surface area (Å²) in [5.41, 5.74) is 0. The van der Waals surface area contributed by atoms with Crippen molar-refractivity contribution in [2.45, 2.75) is 43.9 Å². The molecule has 3 atom stereocenters. The molecule has 0 spiro atoms. The topological polar surface area (TPSA) is 53.6 Å². The van der Waals surface area contributed by atoms with Crippen molar-refractivity contribution in [2.75, 3.05) is 32.7 Å². The third kappa shape index (κ3) is 2.68. The van der Waals surface area contributed by atoms with Crippen LogP contribution < -0.4 is 10.6 Å². The van der Waals surface area contributed by atoms with Crippen LogP contribution in [0.5, 0.6) is 0 Å². The maximum absolute atomic E-state index is 12.0. The Bertz CT molecular complexity index is 293. The predicted octanol–water partition coefficient (Wildman–Crippen LogP) is -0.282. The van der Waals surface area contributed by atoms with Crippen molar-refractivity contribution in [1.82, 2.24) is 15.5 Å². The van der Waals surface area contributed by atoms with Gasteiger partial charge in [-0.25, -0.2) is 0 Å². The van der Waals surface area contributed by atoms with Crippen LogP contribution in [0.4, 0.5) is 0 Å². The number of hydrogen-bond acceptors (Lipinski definition) is 4. The molecule has 0 aromatic carbocycles. The Balaban J connectivity index is 1.36. The lowest BCUT2D eigenvalue weighted by Crippen LogP contribution is -2.39. The summed E-state index contributed by atoms with van der Waals surface area (Å²) < 4.78 is 5.78. The zero-order chi connectivity index (χ0) is 12.4. The second kappa shape index (κ2) is 5.55. The van der Waals surface area contributed by atoms with Crippen LogP contribution in [0.3, 0.4) is 0 Å². The molecular weight excluding hydrogens is 230 g/mol. The molecule has 0 aromatic rings. The van der Waals surface area contributed by atoms with Gasteiger partial charge in [0, 0.05) is 25.6 Å². The van der Waals surface area contributed by atoms with Gasteiger partial charge in [0.1, 0.15) is 6.10 Å². The Labute approximate surface area is 108 Å². The van der Waals surface area contributed by atoms with Gasteiger partial charge in [0.15, 0.2) is 0 Å². The maximum atomic E-state index is 12.0. The second-order valence-electron chi connectivity index (χ2n) is 5.59. The molecule has 3 aliphatic rings. The normalized spacial score (nSPS) is 35.9. The van der Waals surface area contributed by atoms with Crippen LogP contribution >= 0.6 is 0 Å². The van der Waals surface area contributed by atoms with Crippen LogP contribution in [0.1, 0.15) is 25.7 Å². The number of nitrogens with zero attached hydrogens (tertiary/aromatic N) is 1. The second-order valence-corrected chi connectivity index (χ2v) is 5.59. The van der Waals surface area contributed by atoms with Crippen molar-refractivity contribution >= 4 is 5.91 Å². The van der Waals surface area contributed by atoms with Crippen LogP contribution in [0, 0.1) is 0 Å². The molecule has 102 valence electrons. The Hall–Kier alpha value is -0.650. The number of likely N-dealkylation sites (tertiary alicyclic amines) is 1. The van der Waals surface area contributed by atoms with E-state index < -0.39 is 0 Å². The van der Waals surface area contributed by atoms with Gasteiger partial charge in [0.05, 0.1) is 6.10 Å². The number of amides is 1. The number of ether oxygens (including phenoxy) is 1. The van der Waals surface area contributed by atoms with Crippen molar-refractivity contribution in [3.05, 3.63) is 0 Å². The van der Waals surface area contributed by atoms with Crippen LogP contribution in [-0.2, 0) is 9.53 Å². The zero-order valence-electron chi connectivity index (χ0n) is 10.9. The fourth-order valence-electron chi connectivity index (χ4n) is 3.26. The summed E-state index contributed by atoms with van der Waals surface area (Å²) in [7, 11) is 0. The van der Waals surface area contributed by atoms with Crippen molar-refractivity contribution < 1.29 is 9.53 Å². The van der Waals surface area contributed by atoms with Crippen molar-refractivity contribution in [1.29, 1.82) is 0 Å². The lowest BCUT2D eigenvalue weighted by atomic mass is 10.1. The Kier molecular flexibility index (Phi) is 3.82. The Morgan fingerprint density at radius 2 is 2.22 bits per heavy atom. The fourth-order valence-corrected chi connectivity index (χ4v) is 3.26. The van der Waals surface area contributed by atoms with E-state index in [0.29, 0.717) is 6.04 Å². The lowest BCUT2D eigenvalue weighted by molar-refractivity contribution is -0.132. The molecule has 3 saturated heterocycles. The molecule has 1 amide bonds. The highest BCUT2D eigenvalue weighted by Crippen LogP contribution is 2.26. The number of carbonyl (C=O) groups is 1. The van der Waals surface area contributed by atoms with Gasteiger partial charge in [-0.1, -0.05) is 0 Å². The summed E-state index contributed by atoms with van der Waals surface area (Å²) in [4.78, 5) is 14.4. The van der Waals surface area contributed by atoms with Crippen molar-refractivity contribution in [3.8, 4) is 0 Å². The molecule has 2 N–H and O–H groups in total. The van der Waals surface area contributed by atoms with Crippen molar-refractivity contribution in [2.24, 2.45) is 0 Å². The zero-order valence-corrected chi connectivity index (χ0v) is 10.9. The average Bonchev–Trinajstić information content (AvgIpc) is 3.04. The highest BCUT2D eigenvalue weighted by molar-refractivity contribution is 5.81. The minimum atomic E-state index is -0.230. The third-order valence-corrected chi connectivity index (χ3v) is 4.31. The van der Waals surface area contributed by atoms with Gasteiger partial charge in [-0.2, -0.15) is 0 Å². The van der Waals surface area contributed by atoms with E-state index in [1.165, 1.54) is 25.9 Å². The van der Waals surface area contributed by atoms with E-state index in [4.69, 9.17) is 4.74 Å². The first kappa shape index (κ1) is 12.4. The summed E-state index contributed by atoms with van der Waals surface area (Å²) in [6.45, 7) is 5.12. The van der Waals surface area contributed by atoms with Gasteiger partial charge in [-0.05, 0) is 38.9 Å². The fraction of sp³-hybridized carbons (Fsp3) is 0.923. The minimum Gasteiger partial charge on any atom is -0.363 e. The highest BCUT2D eigenvalue weighted by atomic mass is 16.5. The molecule has 3 rings (SSSR count). The molecule has 0 aromatic heterocycles. The van der Waals surface area contributed by atoms with Gasteiger partial charge in [-0.15, -0.1) is 0 Å². The number of fused-ring (bicyclic) bond motifs is 1. The van der Waals surface area contributed by atoms with E-state index in [9.17, 15) is 4.79 Å². The minimum absolute atomic E-state index is 0.0744. The van der Waals surface area contributed by atoms with Crippen molar-refractivity contribution in [3.63, 3.8) is 0 Å². The lowest BCUT2D eigenvalue weighted by Gasteiger charge is -2.16. The molecule has 3 heterocycles. The molecule has 3 aliphatic heterocycles. The van der Waals surface area contributed by atoms with Gasteiger partial charge >= 0.3 is 0 Å². The molecule has 0 radical (unpaired) electrons. The molecular formula is C13H23N3O2. The molecule has 0 aliphatic carbocycles. The van der Waals surface area contributed by atoms with Gasteiger partial charge in [-0.3, -0.25) is 4.79 Å². The monoisotopic (exact) mass is 253 g/mol. The van der Waals surface area contributed by atoms with E-state index in [1.807, 2.05) is 0 Å². The Morgan fingerprint density at radius 3 is 3.00 bits per heavy atom. The first-order valence-electron chi connectivity index (χ1n) is 7.22. The Morgan fingerprint density at radius 1 is 1.39 bits per heavy atom. The van der Waals surface area contributed by atoms with E-state index in [2.05, 4.69) is 15.5 Å². The summed E-state index contributed by atoms with van der Waals surface area (Å²) in [6.07, 6.45) is 4.51. The third-order valence-electron chi connectivity index (χ3n) is 4.31. The summed E-state index contributed by atoms with van der Waals surface area (Å²) in [5, 5.41) is 6.40. The smallest absolute Gasteiger partial charge is 0.249 e. The standard InChI is InChI=1S/C13H23N3O2/c17-13(15-5-8-16-6-1-2-7-16)12-9-10-11(18-12)3-4-14-10/h10-12,14H,1-9H2,(H,15,17)/t10-,11-,12+/m1/s1. The quantitative estimate of drug-likeness (QED) is 0.723.